The molecule has 1 amide bonds. The summed E-state index contributed by atoms with van der Waals surface area (Å²) in [6.07, 6.45) is 1.59. The van der Waals surface area contributed by atoms with Gasteiger partial charge < -0.3 is 20.4 Å². The van der Waals surface area contributed by atoms with E-state index < -0.39 is 0 Å². The third-order valence-electron chi connectivity index (χ3n) is 4.56. The van der Waals surface area contributed by atoms with Crippen LogP contribution in [0.15, 0.2) is 69.6 Å². The summed E-state index contributed by atoms with van der Waals surface area (Å²) < 4.78 is 5.25. The molecule has 0 saturated heterocycles. The van der Waals surface area contributed by atoms with Gasteiger partial charge >= 0.3 is 0 Å². The number of aliphatic imine (C=N–C) groups is 1. The Hall–Kier alpha value is -3.06. The van der Waals surface area contributed by atoms with Crippen molar-refractivity contribution in [1.29, 1.82) is 0 Å². The van der Waals surface area contributed by atoms with Gasteiger partial charge in [0.15, 0.2) is 5.96 Å². The van der Waals surface area contributed by atoms with Crippen molar-refractivity contribution in [3.63, 3.8) is 0 Å². The maximum absolute atomic E-state index is 12.4. The average Bonchev–Trinajstić information content (AvgIpc) is 3.48. The minimum Gasteiger partial charge on any atom is -0.467 e. The van der Waals surface area contributed by atoms with Gasteiger partial charge in [0.2, 0.25) is 0 Å². The summed E-state index contributed by atoms with van der Waals surface area (Å²) in [5.41, 5.74) is 1.59. The van der Waals surface area contributed by atoms with E-state index in [1.807, 2.05) is 31.2 Å². The van der Waals surface area contributed by atoms with Crippen LogP contribution in [0.4, 0.5) is 0 Å². The fourth-order valence-corrected chi connectivity index (χ4v) is 3.71. The number of amides is 1. The maximum atomic E-state index is 12.4. The van der Waals surface area contributed by atoms with Crippen molar-refractivity contribution in [3.05, 3.63) is 81.9 Å². The first-order valence-corrected chi connectivity index (χ1v) is 11.0. The van der Waals surface area contributed by atoms with Crippen molar-refractivity contribution >= 4 is 23.2 Å². The van der Waals surface area contributed by atoms with Crippen LogP contribution in [0.2, 0.25) is 0 Å². The molecule has 0 aliphatic rings. The van der Waals surface area contributed by atoms with Gasteiger partial charge in [0.25, 0.3) is 5.91 Å². The molecule has 0 saturated carbocycles. The summed E-state index contributed by atoms with van der Waals surface area (Å²) in [6.45, 7) is 6.69. The lowest BCUT2D eigenvalue weighted by Gasteiger charge is -2.15. The van der Waals surface area contributed by atoms with Crippen LogP contribution < -0.4 is 16.0 Å². The second kappa shape index (κ2) is 11.2. The van der Waals surface area contributed by atoms with E-state index in [4.69, 9.17) is 4.42 Å². The first-order chi connectivity index (χ1) is 14.7. The Balaban J connectivity index is 1.56. The van der Waals surface area contributed by atoms with Crippen molar-refractivity contribution in [2.75, 3.05) is 13.1 Å². The smallest absolute Gasteiger partial charge is 0.251 e. The van der Waals surface area contributed by atoms with Gasteiger partial charge in [0.05, 0.1) is 19.4 Å². The summed E-state index contributed by atoms with van der Waals surface area (Å²) in [5.74, 6) is 1.78. The van der Waals surface area contributed by atoms with Crippen LogP contribution in [0.1, 0.15) is 46.3 Å². The molecule has 1 aromatic carbocycles. The third-order valence-corrected chi connectivity index (χ3v) is 5.66. The number of thiophene rings is 1. The van der Waals surface area contributed by atoms with Gasteiger partial charge in [-0.25, -0.2) is 4.99 Å². The molecule has 1 atom stereocenters. The molecule has 7 heteroatoms. The van der Waals surface area contributed by atoms with Gasteiger partial charge in [-0.05, 0) is 48.2 Å². The molecular formula is C23H28N4O2S. The number of hydrogen-bond donors (Lipinski definition) is 3. The van der Waals surface area contributed by atoms with E-state index in [2.05, 4.69) is 45.4 Å². The molecule has 6 nitrogen and oxygen atoms in total. The third kappa shape index (κ3) is 6.49. The molecule has 2 aromatic heterocycles. The normalized spacial score (nSPS) is 12.4. The highest BCUT2D eigenvalue weighted by atomic mass is 32.1. The predicted molar refractivity (Wildman–Crippen MR) is 122 cm³/mol. The summed E-state index contributed by atoms with van der Waals surface area (Å²) >= 11 is 1.77. The zero-order valence-corrected chi connectivity index (χ0v) is 18.2. The Bertz CT molecular complexity index is 936. The highest BCUT2D eigenvalue weighted by Crippen LogP contribution is 2.19. The van der Waals surface area contributed by atoms with Crippen molar-refractivity contribution in [2.45, 2.75) is 32.9 Å². The molecule has 1 unspecified atom stereocenters. The number of hydrogen-bond acceptors (Lipinski definition) is 4. The number of nitrogens with zero attached hydrogens (tertiary/aromatic N) is 1. The standard InChI is InChI=1S/C23H28N4O2S/c1-3-24-23(26-14-17(2)21-10-6-12-30-21)27-15-18-7-4-8-19(13-18)22(28)25-16-20-9-5-11-29-20/h4-13,17H,3,14-16H2,1-2H3,(H,25,28)(H2,24,26,27). The minimum atomic E-state index is -0.132. The van der Waals surface area contributed by atoms with Crippen LogP contribution in [0, 0.1) is 0 Å². The molecule has 3 aromatic rings. The Morgan fingerprint density at radius 3 is 2.77 bits per heavy atom. The lowest BCUT2D eigenvalue weighted by atomic mass is 10.1. The summed E-state index contributed by atoms with van der Waals surface area (Å²) in [6, 6.07) is 15.4. The fourth-order valence-electron chi connectivity index (χ4n) is 2.93. The molecule has 0 fully saturated rings. The van der Waals surface area contributed by atoms with Crippen LogP contribution in [-0.2, 0) is 13.1 Å². The van der Waals surface area contributed by atoms with Crippen LogP contribution in [-0.4, -0.2) is 25.0 Å². The Morgan fingerprint density at radius 2 is 2.03 bits per heavy atom. The summed E-state index contributed by atoms with van der Waals surface area (Å²) in [7, 11) is 0. The zero-order chi connectivity index (χ0) is 21.2. The van der Waals surface area contributed by atoms with E-state index in [-0.39, 0.29) is 5.91 Å². The van der Waals surface area contributed by atoms with Gasteiger partial charge in [0, 0.05) is 29.4 Å². The SMILES string of the molecule is CCNC(=NCc1cccc(C(=O)NCc2ccco2)c1)NCC(C)c1cccs1. The van der Waals surface area contributed by atoms with Gasteiger partial charge in [0.1, 0.15) is 5.76 Å². The second-order valence-electron chi connectivity index (χ2n) is 6.95. The lowest BCUT2D eigenvalue weighted by molar-refractivity contribution is 0.0948. The van der Waals surface area contributed by atoms with Crippen molar-refractivity contribution in [2.24, 2.45) is 4.99 Å². The molecule has 2 heterocycles. The van der Waals surface area contributed by atoms with Crippen molar-refractivity contribution in [1.82, 2.24) is 16.0 Å². The fraction of sp³-hybridized carbons (Fsp3) is 0.304. The largest absolute Gasteiger partial charge is 0.467 e. The first-order valence-electron chi connectivity index (χ1n) is 10.1. The van der Waals surface area contributed by atoms with Crippen LogP contribution in [0.5, 0.6) is 0 Å². The van der Waals surface area contributed by atoms with Crippen LogP contribution in [0.3, 0.4) is 0 Å². The Kier molecular flexibility index (Phi) is 8.09. The molecule has 0 radical (unpaired) electrons. The van der Waals surface area contributed by atoms with Crippen molar-refractivity contribution in [3.8, 4) is 0 Å². The van der Waals surface area contributed by atoms with Gasteiger partial charge in [-0.2, -0.15) is 0 Å². The summed E-state index contributed by atoms with van der Waals surface area (Å²) in [4.78, 5) is 18.4. The van der Waals surface area contributed by atoms with E-state index in [0.717, 1.165) is 30.4 Å². The van der Waals surface area contributed by atoms with Gasteiger partial charge in [-0.1, -0.05) is 25.1 Å². The maximum Gasteiger partial charge on any atom is 0.251 e. The Morgan fingerprint density at radius 1 is 1.13 bits per heavy atom. The number of guanidine groups is 1. The average molecular weight is 425 g/mol. The molecule has 0 aliphatic heterocycles. The van der Waals surface area contributed by atoms with Crippen molar-refractivity contribution < 1.29 is 9.21 Å². The zero-order valence-electron chi connectivity index (χ0n) is 17.4. The second-order valence-corrected chi connectivity index (χ2v) is 7.93. The number of carbonyl (C=O) groups is 1. The number of nitrogens with one attached hydrogen (secondary N) is 3. The number of rotatable bonds is 9. The summed E-state index contributed by atoms with van der Waals surface area (Å²) in [5, 5.41) is 11.7. The first kappa shape index (κ1) is 21.6. The lowest BCUT2D eigenvalue weighted by Crippen LogP contribution is -2.39. The molecular weight excluding hydrogens is 396 g/mol. The molecule has 0 bridgehead atoms. The number of benzene rings is 1. The molecule has 0 spiro atoms. The Labute approximate surface area is 181 Å². The quantitative estimate of drug-likeness (QED) is 0.356. The molecule has 30 heavy (non-hydrogen) atoms. The van der Waals surface area contributed by atoms with Crippen LogP contribution in [0.25, 0.3) is 0 Å². The molecule has 0 aliphatic carbocycles. The monoisotopic (exact) mass is 424 g/mol. The van der Waals surface area contributed by atoms with E-state index in [9.17, 15) is 4.79 Å². The number of carbonyl (C=O) groups excluding carboxylic acids is 1. The van der Waals surface area contributed by atoms with Gasteiger partial charge in [-0.3, -0.25) is 4.79 Å². The highest BCUT2D eigenvalue weighted by Gasteiger charge is 2.09. The van der Waals surface area contributed by atoms with Gasteiger partial charge in [-0.15, -0.1) is 11.3 Å². The topological polar surface area (TPSA) is 78.7 Å². The van der Waals surface area contributed by atoms with E-state index in [0.29, 0.717) is 24.6 Å². The molecule has 3 N–H and O–H groups in total. The molecule has 158 valence electrons. The van der Waals surface area contributed by atoms with E-state index in [1.54, 1.807) is 29.7 Å². The molecule has 3 rings (SSSR count). The predicted octanol–water partition coefficient (Wildman–Crippen LogP) is 4.13. The minimum absolute atomic E-state index is 0.132. The number of furan rings is 1. The van der Waals surface area contributed by atoms with Crippen LogP contribution >= 0.6 is 11.3 Å². The highest BCUT2D eigenvalue weighted by molar-refractivity contribution is 7.10. The van der Waals surface area contributed by atoms with E-state index in [1.165, 1.54) is 4.88 Å². The van der Waals surface area contributed by atoms with E-state index >= 15 is 0 Å².